The maximum atomic E-state index is 13.4. The zero-order chi connectivity index (χ0) is 41.8. The summed E-state index contributed by atoms with van der Waals surface area (Å²) in [4.78, 5) is 43.0. The Kier molecular flexibility index (Phi) is 12.2. The highest BCUT2D eigenvalue weighted by Crippen LogP contribution is 2.33. The van der Waals surface area contributed by atoms with Crippen LogP contribution in [0.4, 0.5) is 23.4 Å². The van der Waals surface area contributed by atoms with E-state index in [2.05, 4.69) is 28.5 Å². The minimum atomic E-state index is -0.412. The van der Waals surface area contributed by atoms with E-state index in [1.54, 1.807) is 59.5 Å². The van der Waals surface area contributed by atoms with Gasteiger partial charge >= 0.3 is 0 Å². The number of piperazine rings is 2. The largest absolute Gasteiger partial charge is 0.454 e. The molecule has 0 radical (unpaired) electrons. The fourth-order valence-electron chi connectivity index (χ4n) is 7.31. The van der Waals surface area contributed by atoms with Gasteiger partial charge in [0, 0.05) is 98.4 Å². The zero-order valence-electron chi connectivity index (χ0n) is 32.8. The predicted octanol–water partition coefficient (Wildman–Crippen LogP) is 7.11. The molecule has 2 fully saturated rings. The summed E-state index contributed by atoms with van der Waals surface area (Å²) >= 11 is 2.68. The molecule has 2 unspecified atom stereocenters. The molecule has 4 aromatic carbocycles. The van der Waals surface area contributed by atoms with Crippen LogP contribution < -0.4 is 19.3 Å². The number of rotatable bonds is 8. The number of nitrogens with zero attached hydrogens (tertiary/aromatic N) is 8. The summed E-state index contributed by atoms with van der Waals surface area (Å²) in [5, 5.41) is 1.66. The van der Waals surface area contributed by atoms with Gasteiger partial charge in [0.15, 0.2) is 11.5 Å². The van der Waals surface area contributed by atoms with Crippen LogP contribution in [0.2, 0.25) is 0 Å². The molecule has 6 aromatic rings. The molecule has 3 aliphatic rings. The Labute approximate surface area is 353 Å². The Hall–Kier alpha value is -6.07. The maximum Gasteiger partial charge on any atom is 0.254 e. The zero-order valence-corrected chi connectivity index (χ0v) is 34.5. The SMILES string of the molecule is CC1CN(c2nc(Cc3ccc(F)cc3)ns2)CCN1C(=O)c1ccc2c(c1)OCO2.CC1CN(c2nc(Cc3ccc(F)cc3)ns2)CCN1C(=O)c1cccc(F)c1. The molecule has 2 amide bonds. The number of hydrogen-bond donors (Lipinski definition) is 0. The summed E-state index contributed by atoms with van der Waals surface area (Å²) in [5.41, 5.74) is 2.89. The summed E-state index contributed by atoms with van der Waals surface area (Å²) in [5.74, 6) is 1.59. The Bertz CT molecular complexity index is 2450. The number of carbonyl (C=O) groups excluding carboxylic acids is 2. The fourth-order valence-corrected chi connectivity index (χ4v) is 8.75. The van der Waals surface area contributed by atoms with Gasteiger partial charge in [-0.2, -0.15) is 8.75 Å². The molecule has 3 aliphatic heterocycles. The maximum absolute atomic E-state index is 13.4. The lowest BCUT2D eigenvalue weighted by Crippen LogP contribution is -2.54. The third kappa shape index (κ3) is 9.52. The van der Waals surface area contributed by atoms with Gasteiger partial charge in [0.05, 0.1) is 0 Å². The summed E-state index contributed by atoms with van der Waals surface area (Å²) in [6, 6.07) is 23.8. The molecule has 12 nitrogen and oxygen atoms in total. The number of halogens is 3. The van der Waals surface area contributed by atoms with E-state index >= 15 is 0 Å². The first-order valence-electron chi connectivity index (χ1n) is 19.5. The summed E-state index contributed by atoms with van der Waals surface area (Å²) in [6.07, 6.45) is 1.11. The molecule has 0 saturated carbocycles. The van der Waals surface area contributed by atoms with Gasteiger partial charge in [0.1, 0.15) is 29.1 Å². The van der Waals surface area contributed by atoms with E-state index in [0.717, 1.165) is 27.2 Å². The van der Waals surface area contributed by atoms with Crippen LogP contribution in [-0.4, -0.2) is 98.5 Å². The average Bonchev–Trinajstić information content (AvgIpc) is 4.04. The van der Waals surface area contributed by atoms with Gasteiger partial charge in [-0.25, -0.2) is 23.1 Å². The van der Waals surface area contributed by atoms with Crippen molar-refractivity contribution in [2.75, 3.05) is 55.9 Å². The number of hydrogen-bond acceptors (Lipinski definition) is 12. The van der Waals surface area contributed by atoms with Gasteiger partial charge < -0.3 is 29.1 Å². The smallest absolute Gasteiger partial charge is 0.254 e. The second-order valence-electron chi connectivity index (χ2n) is 14.8. The van der Waals surface area contributed by atoms with E-state index in [4.69, 9.17) is 9.47 Å². The average molecular weight is 855 g/mol. The molecule has 9 rings (SSSR count). The van der Waals surface area contributed by atoms with E-state index in [0.29, 0.717) is 80.6 Å². The first kappa shape index (κ1) is 40.7. The Balaban J connectivity index is 0.000000167. The molecule has 0 bridgehead atoms. The van der Waals surface area contributed by atoms with Crippen molar-refractivity contribution in [1.82, 2.24) is 28.5 Å². The van der Waals surface area contributed by atoms with E-state index in [1.165, 1.54) is 59.5 Å². The van der Waals surface area contributed by atoms with Crippen molar-refractivity contribution in [2.24, 2.45) is 0 Å². The second kappa shape index (κ2) is 18.0. The predicted molar refractivity (Wildman–Crippen MR) is 223 cm³/mol. The van der Waals surface area contributed by atoms with Gasteiger partial charge in [-0.3, -0.25) is 9.59 Å². The van der Waals surface area contributed by atoms with Crippen LogP contribution in [0.15, 0.2) is 91.0 Å². The lowest BCUT2D eigenvalue weighted by atomic mass is 10.1. The lowest BCUT2D eigenvalue weighted by molar-refractivity contribution is 0.0665. The number of ether oxygens (including phenoxy) is 2. The van der Waals surface area contributed by atoms with Gasteiger partial charge in [0.2, 0.25) is 17.1 Å². The normalized spacial score (nSPS) is 17.4. The van der Waals surface area contributed by atoms with Crippen molar-refractivity contribution in [3.8, 4) is 11.5 Å². The number of aromatic nitrogens is 4. The summed E-state index contributed by atoms with van der Waals surface area (Å²) < 4.78 is 59.2. The molecule has 5 heterocycles. The Morgan fingerprint density at radius 3 is 1.62 bits per heavy atom. The van der Waals surface area contributed by atoms with Crippen molar-refractivity contribution < 1.29 is 32.2 Å². The Morgan fingerprint density at radius 1 is 0.617 bits per heavy atom. The number of anilines is 2. The fraction of sp³-hybridized carbons (Fsp3) is 0.302. The summed E-state index contributed by atoms with van der Waals surface area (Å²) in [6.45, 7) is 7.97. The van der Waals surface area contributed by atoms with Crippen LogP contribution >= 0.6 is 23.1 Å². The lowest BCUT2D eigenvalue weighted by Gasteiger charge is -2.39. The molecule has 0 N–H and O–H groups in total. The first-order valence-corrected chi connectivity index (χ1v) is 21.0. The molecule has 17 heteroatoms. The molecular formula is C43H41F3N8O4S2. The van der Waals surface area contributed by atoms with Crippen LogP contribution in [0, 0.1) is 17.5 Å². The molecule has 310 valence electrons. The Morgan fingerprint density at radius 2 is 1.12 bits per heavy atom. The minimum Gasteiger partial charge on any atom is -0.454 e. The van der Waals surface area contributed by atoms with Crippen molar-refractivity contribution >= 4 is 45.1 Å². The van der Waals surface area contributed by atoms with Gasteiger partial charge in [-0.05, 0) is 85.6 Å². The van der Waals surface area contributed by atoms with Gasteiger partial charge in [0.25, 0.3) is 11.8 Å². The number of amides is 2. The molecule has 2 aromatic heterocycles. The highest BCUT2D eigenvalue weighted by Gasteiger charge is 2.32. The van der Waals surface area contributed by atoms with Crippen molar-refractivity contribution in [2.45, 2.75) is 38.8 Å². The van der Waals surface area contributed by atoms with Crippen LogP contribution in [0.5, 0.6) is 11.5 Å². The summed E-state index contributed by atoms with van der Waals surface area (Å²) in [7, 11) is 0. The van der Waals surface area contributed by atoms with Gasteiger partial charge in [-0.1, -0.05) is 30.3 Å². The highest BCUT2D eigenvalue weighted by atomic mass is 32.1. The van der Waals surface area contributed by atoms with Crippen LogP contribution in [0.3, 0.4) is 0 Å². The number of carbonyl (C=O) groups is 2. The van der Waals surface area contributed by atoms with Gasteiger partial charge in [-0.15, -0.1) is 0 Å². The van der Waals surface area contributed by atoms with Crippen molar-refractivity contribution in [3.05, 3.63) is 142 Å². The van der Waals surface area contributed by atoms with Crippen molar-refractivity contribution in [1.29, 1.82) is 0 Å². The first-order chi connectivity index (χ1) is 29.1. The second-order valence-corrected chi connectivity index (χ2v) is 16.2. The quantitative estimate of drug-likeness (QED) is 0.157. The standard InChI is InChI=1S/C22H21FN4O3S.C21H20F2N4OS/c1-14-12-26(22-24-20(25-31-22)10-15-2-5-17(23)6-3-15)8-9-27(14)21(28)16-4-7-18-19(11-16)30-13-29-18;1-14-13-26(9-10-27(14)20(28)16-3-2-4-18(23)12-16)21-24-19(25-29-21)11-15-5-7-17(22)8-6-15/h2-7,11,14H,8-10,12-13H2,1H3;2-8,12,14H,9-11,13H2,1H3. The third-order valence-corrected chi connectivity index (χ3v) is 12.1. The highest BCUT2D eigenvalue weighted by molar-refractivity contribution is 7.10. The molecular weight excluding hydrogens is 814 g/mol. The minimum absolute atomic E-state index is 0.0142. The van der Waals surface area contributed by atoms with Crippen LogP contribution in [0.1, 0.15) is 57.3 Å². The molecule has 60 heavy (non-hydrogen) atoms. The number of fused-ring (bicyclic) bond motifs is 1. The monoisotopic (exact) mass is 854 g/mol. The van der Waals surface area contributed by atoms with Crippen molar-refractivity contribution in [3.63, 3.8) is 0 Å². The number of benzene rings is 4. The molecule has 0 aliphatic carbocycles. The topological polar surface area (TPSA) is 117 Å². The van der Waals surface area contributed by atoms with E-state index in [-0.39, 0.29) is 42.3 Å². The van der Waals surface area contributed by atoms with E-state index in [1.807, 2.05) is 18.7 Å². The molecule has 0 spiro atoms. The van der Waals surface area contributed by atoms with Crippen LogP contribution in [-0.2, 0) is 12.8 Å². The van der Waals surface area contributed by atoms with Crippen LogP contribution in [0.25, 0.3) is 0 Å². The third-order valence-electron chi connectivity index (χ3n) is 10.5. The molecule has 2 saturated heterocycles. The molecule has 2 atom stereocenters. The van der Waals surface area contributed by atoms with E-state index < -0.39 is 5.82 Å². The van der Waals surface area contributed by atoms with E-state index in [9.17, 15) is 22.8 Å².